The van der Waals surface area contributed by atoms with E-state index < -0.39 is 0 Å². The smallest absolute Gasteiger partial charge is 0.274 e. The molecule has 2 aromatic heterocycles. The number of nitrogens with one attached hydrogen (secondary N) is 1. The third-order valence-electron chi connectivity index (χ3n) is 8.95. The van der Waals surface area contributed by atoms with Crippen molar-refractivity contribution in [3.8, 4) is 5.69 Å². The lowest BCUT2D eigenvalue weighted by atomic mass is 9.93. The molecule has 0 unspecified atom stereocenters. The standard InChI is InChI=1S/C36H47N7O3S/c1-7-9-17-41(18-10-8-2)36(46)32-19-24(3)43(38-32)33-16-15-29(39-47-34-25(4)37-40(6)26(34)5)21-31(33)35(45)42-22-28-14-12-11-13-27(28)20-30(42)23-44/h11-16,19,21,30,39,44H,7-10,17-18,20,22-23H2,1-6H3/t30-/m0/s1. The summed E-state index contributed by atoms with van der Waals surface area (Å²) in [7, 11) is 1.92. The SMILES string of the molecule is CCCCN(CCCC)C(=O)c1cc(C)n(-c2ccc(NSc3c(C)nn(C)c3C)cc2C(=O)N2Cc3ccccc3C[C@H]2CO)n1. The fraction of sp³-hybridized carbons (Fsp3) is 0.444. The van der Waals surface area contributed by atoms with Gasteiger partial charge in [-0.15, -0.1) is 0 Å². The van der Waals surface area contributed by atoms with Crippen molar-refractivity contribution >= 4 is 29.4 Å². The molecular weight excluding hydrogens is 611 g/mol. The van der Waals surface area contributed by atoms with E-state index in [2.05, 4.69) is 29.7 Å². The van der Waals surface area contributed by atoms with E-state index in [1.54, 1.807) is 9.58 Å². The molecule has 2 amide bonds. The molecule has 0 aliphatic carbocycles. The van der Waals surface area contributed by atoms with Gasteiger partial charge in [0.25, 0.3) is 11.8 Å². The number of aryl methyl sites for hydroxylation is 3. The summed E-state index contributed by atoms with van der Waals surface area (Å²) in [6.45, 7) is 11.8. The van der Waals surface area contributed by atoms with Gasteiger partial charge in [0.05, 0.1) is 40.2 Å². The number of fused-ring (bicyclic) bond motifs is 1. The highest BCUT2D eigenvalue weighted by Gasteiger charge is 2.32. The van der Waals surface area contributed by atoms with E-state index in [1.807, 2.05) is 79.9 Å². The zero-order valence-corrected chi connectivity index (χ0v) is 29.2. The van der Waals surface area contributed by atoms with Crippen LogP contribution in [0.1, 0.15) is 88.6 Å². The Morgan fingerprint density at radius 1 is 1.00 bits per heavy atom. The first kappa shape index (κ1) is 34.3. The number of hydrogen-bond donors (Lipinski definition) is 2. The summed E-state index contributed by atoms with van der Waals surface area (Å²) < 4.78 is 6.98. The van der Waals surface area contributed by atoms with Crippen molar-refractivity contribution < 1.29 is 14.7 Å². The first-order valence-electron chi connectivity index (χ1n) is 16.6. The number of hydrogen-bond acceptors (Lipinski definition) is 7. The Balaban J connectivity index is 1.53. The lowest BCUT2D eigenvalue weighted by Gasteiger charge is -2.36. The molecule has 0 radical (unpaired) electrons. The topological polar surface area (TPSA) is 109 Å². The Kier molecular flexibility index (Phi) is 11.1. The Labute approximate surface area is 282 Å². The summed E-state index contributed by atoms with van der Waals surface area (Å²) in [5, 5.41) is 19.7. The minimum Gasteiger partial charge on any atom is -0.394 e. The first-order chi connectivity index (χ1) is 22.7. The molecule has 10 nitrogen and oxygen atoms in total. The van der Waals surface area contributed by atoms with Crippen LogP contribution in [-0.2, 0) is 20.0 Å². The molecule has 4 aromatic rings. The summed E-state index contributed by atoms with van der Waals surface area (Å²) in [5.74, 6) is -0.294. The van der Waals surface area contributed by atoms with Gasteiger partial charge in [0.2, 0.25) is 0 Å². The predicted octanol–water partition coefficient (Wildman–Crippen LogP) is 6.25. The van der Waals surface area contributed by atoms with Gasteiger partial charge in [-0.05, 0) is 87.4 Å². The predicted molar refractivity (Wildman–Crippen MR) is 187 cm³/mol. The molecule has 250 valence electrons. The van der Waals surface area contributed by atoms with Crippen molar-refractivity contribution in [3.63, 3.8) is 0 Å². The summed E-state index contributed by atoms with van der Waals surface area (Å²) in [6.07, 6.45) is 4.45. The number of nitrogens with zero attached hydrogens (tertiary/aromatic N) is 6. The summed E-state index contributed by atoms with van der Waals surface area (Å²) in [5.41, 5.74) is 7.07. The van der Waals surface area contributed by atoms with Gasteiger partial charge < -0.3 is 19.6 Å². The maximum atomic E-state index is 14.6. The first-order valence-corrected chi connectivity index (χ1v) is 17.4. The molecule has 1 aliphatic heterocycles. The van der Waals surface area contributed by atoms with Crippen molar-refractivity contribution in [3.05, 3.63) is 88.0 Å². The molecule has 11 heteroatoms. The van der Waals surface area contributed by atoms with E-state index in [0.29, 0.717) is 43.0 Å². The second kappa shape index (κ2) is 15.2. The average Bonchev–Trinajstić information content (AvgIpc) is 3.58. The molecule has 2 N–H and O–H groups in total. The van der Waals surface area contributed by atoms with Crippen LogP contribution in [-0.4, -0.2) is 72.0 Å². The highest BCUT2D eigenvalue weighted by atomic mass is 32.2. The quantitative estimate of drug-likeness (QED) is 0.164. The third-order valence-corrected chi connectivity index (χ3v) is 10.1. The molecule has 5 rings (SSSR count). The molecule has 2 aromatic carbocycles. The minimum absolute atomic E-state index is 0.0912. The van der Waals surface area contributed by atoms with E-state index >= 15 is 0 Å². The summed E-state index contributed by atoms with van der Waals surface area (Å²) >= 11 is 1.46. The molecule has 1 atom stereocenters. The number of anilines is 1. The van der Waals surface area contributed by atoms with Gasteiger partial charge in [-0.25, -0.2) is 4.68 Å². The molecule has 0 saturated carbocycles. The molecule has 47 heavy (non-hydrogen) atoms. The summed E-state index contributed by atoms with van der Waals surface area (Å²) in [6, 6.07) is 15.2. The number of amides is 2. The zero-order valence-electron chi connectivity index (χ0n) is 28.4. The zero-order chi connectivity index (χ0) is 33.7. The number of carbonyl (C=O) groups is 2. The van der Waals surface area contributed by atoms with Crippen molar-refractivity contribution in [2.24, 2.45) is 7.05 Å². The van der Waals surface area contributed by atoms with Gasteiger partial charge in [0, 0.05) is 38.1 Å². The van der Waals surface area contributed by atoms with Crippen LogP contribution in [0.25, 0.3) is 5.69 Å². The van der Waals surface area contributed by atoms with Crippen molar-refractivity contribution in [1.29, 1.82) is 0 Å². The molecule has 3 heterocycles. The number of aromatic nitrogens is 4. The van der Waals surface area contributed by atoms with Crippen LogP contribution in [0.15, 0.2) is 53.4 Å². The molecule has 0 saturated heterocycles. The highest BCUT2D eigenvalue weighted by molar-refractivity contribution is 8.00. The Morgan fingerprint density at radius 2 is 1.70 bits per heavy atom. The van der Waals surface area contributed by atoms with E-state index in [-0.39, 0.29) is 24.5 Å². The van der Waals surface area contributed by atoms with Gasteiger partial charge in [-0.2, -0.15) is 10.2 Å². The molecule has 0 fully saturated rings. The van der Waals surface area contributed by atoms with Crippen LogP contribution >= 0.6 is 11.9 Å². The lowest BCUT2D eigenvalue weighted by molar-refractivity contribution is 0.0544. The fourth-order valence-corrected chi connectivity index (χ4v) is 6.92. The van der Waals surface area contributed by atoms with Crippen molar-refractivity contribution in [1.82, 2.24) is 29.4 Å². The highest BCUT2D eigenvalue weighted by Crippen LogP contribution is 2.32. The minimum atomic E-state index is -0.363. The van der Waals surface area contributed by atoms with Gasteiger partial charge in [0.15, 0.2) is 5.69 Å². The largest absolute Gasteiger partial charge is 0.394 e. The lowest BCUT2D eigenvalue weighted by Crippen LogP contribution is -2.46. The van der Waals surface area contributed by atoms with E-state index in [9.17, 15) is 14.7 Å². The fourth-order valence-electron chi connectivity index (χ4n) is 6.11. The van der Waals surface area contributed by atoms with Gasteiger partial charge in [-0.3, -0.25) is 14.3 Å². The second-order valence-corrected chi connectivity index (χ2v) is 13.2. The van der Waals surface area contributed by atoms with Crippen LogP contribution in [0.4, 0.5) is 5.69 Å². The molecule has 1 aliphatic rings. The second-order valence-electron chi connectivity index (χ2n) is 12.4. The van der Waals surface area contributed by atoms with Gasteiger partial charge in [-0.1, -0.05) is 51.0 Å². The number of unbranched alkanes of at least 4 members (excludes halogenated alkanes) is 2. The van der Waals surface area contributed by atoms with E-state index in [4.69, 9.17) is 5.10 Å². The van der Waals surface area contributed by atoms with Crippen LogP contribution in [0.3, 0.4) is 0 Å². The maximum absolute atomic E-state index is 14.6. The van der Waals surface area contributed by atoms with E-state index in [0.717, 1.165) is 64.5 Å². The van der Waals surface area contributed by atoms with Crippen LogP contribution in [0.5, 0.6) is 0 Å². The number of rotatable bonds is 13. The monoisotopic (exact) mass is 657 g/mol. The van der Waals surface area contributed by atoms with Crippen LogP contribution in [0.2, 0.25) is 0 Å². The Hall–Kier alpha value is -4.09. The third kappa shape index (κ3) is 7.41. The number of benzene rings is 2. The van der Waals surface area contributed by atoms with Gasteiger partial charge >= 0.3 is 0 Å². The maximum Gasteiger partial charge on any atom is 0.274 e. The summed E-state index contributed by atoms with van der Waals surface area (Å²) in [4.78, 5) is 32.9. The number of carbonyl (C=O) groups excluding carboxylic acids is 2. The number of aliphatic hydroxyl groups is 1. The van der Waals surface area contributed by atoms with Crippen LogP contribution in [0, 0.1) is 20.8 Å². The molecule has 0 spiro atoms. The van der Waals surface area contributed by atoms with Crippen LogP contribution < -0.4 is 4.72 Å². The van der Waals surface area contributed by atoms with Gasteiger partial charge in [0.1, 0.15) is 0 Å². The molecular formula is C36H47N7O3S. The number of aliphatic hydroxyl groups excluding tert-OH is 1. The van der Waals surface area contributed by atoms with Crippen molar-refractivity contribution in [2.45, 2.75) is 84.2 Å². The molecule has 0 bridgehead atoms. The normalized spacial score (nSPS) is 14.3. The van der Waals surface area contributed by atoms with Crippen molar-refractivity contribution in [2.75, 3.05) is 24.4 Å². The Morgan fingerprint density at radius 3 is 2.34 bits per heavy atom. The van der Waals surface area contributed by atoms with E-state index in [1.165, 1.54) is 11.9 Å². The Bertz CT molecular complexity index is 1720. The average molecular weight is 658 g/mol.